The van der Waals surface area contributed by atoms with Gasteiger partial charge in [0.2, 0.25) is 0 Å². The Morgan fingerprint density at radius 1 is 0.923 bits per heavy atom. The number of aryl methyl sites for hydroxylation is 3. The van der Waals surface area contributed by atoms with E-state index in [4.69, 9.17) is 16.6 Å². The first-order chi connectivity index (χ1) is 12.5. The number of nitrogens with zero attached hydrogens (tertiary/aromatic N) is 3. The smallest absolute Gasteiger partial charge is 0.143 e. The van der Waals surface area contributed by atoms with Gasteiger partial charge < -0.3 is 4.57 Å². The Labute approximate surface area is 158 Å². The highest BCUT2D eigenvalue weighted by molar-refractivity contribution is 6.29. The number of fused-ring (bicyclic) bond motifs is 1. The van der Waals surface area contributed by atoms with Crippen LogP contribution in [-0.4, -0.2) is 14.5 Å². The molecule has 0 atom stereocenters. The molecule has 0 fully saturated rings. The quantitative estimate of drug-likeness (QED) is 0.436. The summed E-state index contributed by atoms with van der Waals surface area (Å²) in [5, 5.41) is 0.488. The highest BCUT2D eigenvalue weighted by atomic mass is 35.5. The van der Waals surface area contributed by atoms with Gasteiger partial charge in [0.25, 0.3) is 0 Å². The molecule has 0 spiro atoms. The van der Waals surface area contributed by atoms with Gasteiger partial charge in [0.05, 0.1) is 11.0 Å². The molecule has 0 amide bonds. The summed E-state index contributed by atoms with van der Waals surface area (Å²) in [6.45, 7) is 7.13. The summed E-state index contributed by atoms with van der Waals surface area (Å²) in [5.74, 6) is 0.912. The van der Waals surface area contributed by atoms with Crippen LogP contribution in [0.3, 0.4) is 0 Å². The predicted molar refractivity (Wildman–Crippen MR) is 108 cm³/mol. The van der Waals surface area contributed by atoms with Crippen molar-refractivity contribution in [1.29, 1.82) is 0 Å². The van der Waals surface area contributed by atoms with E-state index in [1.54, 1.807) is 6.20 Å². The first-order valence-electron chi connectivity index (χ1n) is 8.66. The average molecular weight is 362 g/mol. The molecule has 0 N–H and O–H groups in total. The molecule has 0 saturated heterocycles. The summed E-state index contributed by atoms with van der Waals surface area (Å²) in [6.07, 6.45) is 1.79. The topological polar surface area (TPSA) is 30.7 Å². The lowest BCUT2D eigenvalue weighted by Crippen LogP contribution is -2.03. The van der Waals surface area contributed by atoms with Crippen LogP contribution in [0.2, 0.25) is 5.15 Å². The lowest BCUT2D eigenvalue weighted by molar-refractivity contribution is 0.833. The van der Waals surface area contributed by atoms with E-state index in [0.29, 0.717) is 5.15 Å². The Kier molecular flexibility index (Phi) is 4.25. The van der Waals surface area contributed by atoms with Gasteiger partial charge in [0, 0.05) is 18.3 Å². The van der Waals surface area contributed by atoms with Crippen molar-refractivity contribution in [3.63, 3.8) is 0 Å². The number of hydrogen-bond donors (Lipinski definition) is 0. The third kappa shape index (κ3) is 3.11. The second-order valence-corrected chi connectivity index (χ2v) is 7.19. The molecule has 4 rings (SSSR count). The van der Waals surface area contributed by atoms with Crippen LogP contribution in [-0.2, 0) is 6.54 Å². The van der Waals surface area contributed by atoms with Crippen LogP contribution >= 0.6 is 11.6 Å². The Morgan fingerprint density at radius 3 is 2.35 bits per heavy atom. The monoisotopic (exact) mass is 361 g/mol. The molecule has 4 heteroatoms. The van der Waals surface area contributed by atoms with Crippen LogP contribution in [0.1, 0.15) is 22.3 Å². The maximum absolute atomic E-state index is 5.97. The fourth-order valence-electron chi connectivity index (χ4n) is 3.14. The van der Waals surface area contributed by atoms with Crippen LogP contribution in [0, 0.1) is 20.8 Å². The molecular formula is C22H20ClN3. The van der Waals surface area contributed by atoms with Crippen LogP contribution < -0.4 is 0 Å². The minimum Gasteiger partial charge on any atom is -0.319 e. The van der Waals surface area contributed by atoms with E-state index in [-0.39, 0.29) is 0 Å². The first kappa shape index (κ1) is 16.8. The minimum absolute atomic E-state index is 0.488. The molecule has 0 unspecified atom stereocenters. The van der Waals surface area contributed by atoms with Crippen molar-refractivity contribution >= 4 is 22.6 Å². The third-order valence-electron chi connectivity index (χ3n) is 4.81. The number of benzene rings is 2. The van der Waals surface area contributed by atoms with Crippen LogP contribution in [0.5, 0.6) is 0 Å². The van der Waals surface area contributed by atoms with Crippen molar-refractivity contribution in [2.45, 2.75) is 27.3 Å². The van der Waals surface area contributed by atoms with E-state index in [0.717, 1.165) is 29.0 Å². The van der Waals surface area contributed by atoms with E-state index in [1.165, 1.54) is 22.3 Å². The number of aromatic nitrogens is 3. The fourth-order valence-corrected chi connectivity index (χ4v) is 3.26. The van der Waals surface area contributed by atoms with Crippen molar-refractivity contribution in [1.82, 2.24) is 14.5 Å². The molecule has 2 heterocycles. The lowest BCUT2D eigenvalue weighted by atomic mass is 10.1. The zero-order valence-corrected chi connectivity index (χ0v) is 15.9. The van der Waals surface area contributed by atoms with Gasteiger partial charge >= 0.3 is 0 Å². The van der Waals surface area contributed by atoms with Gasteiger partial charge in [-0.25, -0.2) is 9.97 Å². The van der Waals surface area contributed by atoms with Crippen molar-refractivity contribution in [2.24, 2.45) is 0 Å². The Balaban J connectivity index is 1.91. The summed E-state index contributed by atoms with van der Waals surface area (Å²) in [4.78, 5) is 9.14. The third-order valence-corrected chi connectivity index (χ3v) is 5.03. The summed E-state index contributed by atoms with van der Waals surface area (Å²) in [7, 11) is 0. The molecule has 0 aliphatic carbocycles. The van der Waals surface area contributed by atoms with E-state index in [1.807, 2.05) is 12.1 Å². The van der Waals surface area contributed by atoms with Crippen LogP contribution in [0.25, 0.3) is 22.4 Å². The average Bonchev–Trinajstić information content (AvgIpc) is 2.95. The molecule has 2 aromatic carbocycles. The van der Waals surface area contributed by atoms with Gasteiger partial charge in [0.1, 0.15) is 11.0 Å². The zero-order valence-electron chi connectivity index (χ0n) is 15.1. The Hall–Kier alpha value is -2.65. The highest BCUT2D eigenvalue weighted by Crippen LogP contribution is 2.28. The molecule has 0 radical (unpaired) electrons. The highest BCUT2D eigenvalue weighted by Gasteiger charge is 2.14. The molecular weight excluding hydrogens is 342 g/mol. The summed E-state index contributed by atoms with van der Waals surface area (Å²) >= 11 is 5.97. The minimum atomic E-state index is 0.488. The maximum Gasteiger partial charge on any atom is 0.143 e. The molecule has 0 aliphatic rings. The van der Waals surface area contributed by atoms with Crippen LogP contribution in [0.4, 0.5) is 0 Å². The van der Waals surface area contributed by atoms with Crippen LogP contribution in [0.15, 0.2) is 54.7 Å². The largest absolute Gasteiger partial charge is 0.319 e. The zero-order chi connectivity index (χ0) is 18.3. The maximum atomic E-state index is 5.97. The number of rotatable bonds is 3. The summed E-state index contributed by atoms with van der Waals surface area (Å²) in [5.41, 5.74) is 8.13. The van der Waals surface area contributed by atoms with Gasteiger partial charge in [0.15, 0.2) is 0 Å². The molecule has 3 nitrogen and oxygen atoms in total. The second kappa shape index (κ2) is 6.58. The van der Waals surface area contributed by atoms with Gasteiger partial charge in [-0.2, -0.15) is 0 Å². The summed E-state index contributed by atoms with van der Waals surface area (Å²) < 4.78 is 2.26. The predicted octanol–water partition coefficient (Wildman–Crippen LogP) is 5.73. The van der Waals surface area contributed by atoms with Crippen molar-refractivity contribution in [3.05, 3.63) is 82.1 Å². The van der Waals surface area contributed by atoms with E-state index in [9.17, 15) is 0 Å². The normalized spacial score (nSPS) is 11.2. The van der Waals surface area contributed by atoms with Gasteiger partial charge in [-0.3, -0.25) is 0 Å². The number of hydrogen-bond acceptors (Lipinski definition) is 2. The summed E-state index contributed by atoms with van der Waals surface area (Å²) in [6, 6.07) is 16.8. The first-order valence-corrected chi connectivity index (χ1v) is 9.04. The van der Waals surface area contributed by atoms with E-state index in [2.05, 4.69) is 66.7 Å². The number of pyridine rings is 1. The molecule has 0 aliphatic heterocycles. The molecule has 130 valence electrons. The van der Waals surface area contributed by atoms with E-state index >= 15 is 0 Å². The molecule has 26 heavy (non-hydrogen) atoms. The van der Waals surface area contributed by atoms with Crippen molar-refractivity contribution < 1.29 is 0 Å². The molecule has 4 aromatic rings. The SMILES string of the molecule is Cc1ccc(Cn2c(-c3ccc(Cl)nc3)nc3cc(C)c(C)cc32)cc1. The second-order valence-electron chi connectivity index (χ2n) is 6.80. The molecule has 2 aromatic heterocycles. The van der Waals surface area contributed by atoms with Gasteiger partial charge in [-0.15, -0.1) is 0 Å². The standard InChI is InChI=1S/C22H20ClN3/c1-14-4-6-17(7-5-14)13-26-20-11-16(3)15(2)10-19(20)25-22(26)18-8-9-21(23)24-12-18/h4-12H,13H2,1-3H3. The molecule has 0 saturated carbocycles. The Morgan fingerprint density at radius 2 is 1.65 bits per heavy atom. The van der Waals surface area contributed by atoms with E-state index < -0.39 is 0 Å². The van der Waals surface area contributed by atoms with Gasteiger partial charge in [-0.05, 0) is 61.7 Å². The fraction of sp³-hybridized carbons (Fsp3) is 0.182. The Bertz CT molecular complexity index is 1080. The number of imidazole rings is 1. The van der Waals surface area contributed by atoms with Crippen molar-refractivity contribution in [3.8, 4) is 11.4 Å². The lowest BCUT2D eigenvalue weighted by Gasteiger charge is -2.11. The van der Waals surface area contributed by atoms with Crippen molar-refractivity contribution in [2.75, 3.05) is 0 Å². The molecule has 0 bridgehead atoms. The van der Waals surface area contributed by atoms with Gasteiger partial charge in [-0.1, -0.05) is 41.4 Å². The number of halogens is 1.